The molecule has 1 aromatic heterocycles. The van der Waals surface area contributed by atoms with E-state index < -0.39 is 10.0 Å². The predicted octanol–water partition coefficient (Wildman–Crippen LogP) is 0.995. The molecule has 0 aliphatic carbocycles. The van der Waals surface area contributed by atoms with Crippen LogP contribution in [0.25, 0.3) is 0 Å². The number of aromatic nitrogens is 2. The van der Waals surface area contributed by atoms with Crippen LogP contribution in [0.5, 0.6) is 5.88 Å². The third-order valence-corrected chi connectivity index (χ3v) is 5.70. The standard InChI is InChI=1S/C15H23N3O4S/c1-12-8-16-9-14(17-12)21-5-3-13-4-6-22-15(7-13)10-18(11-15)23(2,19)20/h8-9,13H,3-7,10-11H2,1-2H3/t13-/m1/s1. The van der Waals surface area contributed by atoms with Crippen molar-refractivity contribution in [2.45, 2.75) is 31.8 Å². The molecule has 8 heteroatoms. The molecule has 0 amide bonds. The topological polar surface area (TPSA) is 81.6 Å². The average Bonchev–Trinajstić information content (AvgIpc) is 2.44. The van der Waals surface area contributed by atoms with E-state index in [1.54, 1.807) is 12.4 Å². The molecule has 1 spiro atoms. The van der Waals surface area contributed by atoms with Gasteiger partial charge >= 0.3 is 0 Å². The molecule has 0 saturated carbocycles. The van der Waals surface area contributed by atoms with Gasteiger partial charge in [0.25, 0.3) is 0 Å². The van der Waals surface area contributed by atoms with E-state index in [0.717, 1.165) is 25.0 Å². The summed E-state index contributed by atoms with van der Waals surface area (Å²) in [6, 6.07) is 0. The van der Waals surface area contributed by atoms with Crippen LogP contribution < -0.4 is 4.74 Å². The second-order valence-corrected chi connectivity index (χ2v) is 8.54. The quantitative estimate of drug-likeness (QED) is 0.794. The number of rotatable bonds is 5. The molecule has 1 aromatic rings. The van der Waals surface area contributed by atoms with Crippen LogP contribution in [0, 0.1) is 12.8 Å². The smallest absolute Gasteiger partial charge is 0.232 e. The first kappa shape index (κ1) is 16.6. The van der Waals surface area contributed by atoms with Gasteiger partial charge in [-0.05, 0) is 32.1 Å². The van der Waals surface area contributed by atoms with Gasteiger partial charge in [0.05, 0.1) is 30.4 Å². The summed E-state index contributed by atoms with van der Waals surface area (Å²) in [5, 5.41) is 0. The number of aryl methyl sites for hydroxylation is 1. The molecule has 2 aliphatic rings. The molecule has 7 nitrogen and oxygen atoms in total. The zero-order valence-corrected chi connectivity index (χ0v) is 14.4. The highest BCUT2D eigenvalue weighted by Gasteiger charge is 2.50. The number of hydrogen-bond donors (Lipinski definition) is 0. The monoisotopic (exact) mass is 341 g/mol. The van der Waals surface area contributed by atoms with Gasteiger partial charge in [0.1, 0.15) is 0 Å². The molecular formula is C15H23N3O4S. The Hall–Kier alpha value is -1.25. The zero-order chi connectivity index (χ0) is 16.5. The van der Waals surface area contributed by atoms with Gasteiger partial charge in [0.15, 0.2) is 0 Å². The summed E-state index contributed by atoms with van der Waals surface area (Å²) in [5.41, 5.74) is 0.553. The van der Waals surface area contributed by atoms with E-state index in [1.807, 2.05) is 6.92 Å². The minimum Gasteiger partial charge on any atom is -0.477 e. The Kier molecular flexibility index (Phi) is 4.57. The van der Waals surface area contributed by atoms with Gasteiger partial charge in [0.2, 0.25) is 15.9 Å². The summed E-state index contributed by atoms with van der Waals surface area (Å²) in [6.45, 7) is 4.12. The molecule has 0 aromatic carbocycles. The van der Waals surface area contributed by atoms with Gasteiger partial charge < -0.3 is 9.47 Å². The lowest BCUT2D eigenvalue weighted by Gasteiger charge is -2.52. The first-order chi connectivity index (χ1) is 10.9. The van der Waals surface area contributed by atoms with E-state index in [2.05, 4.69) is 9.97 Å². The van der Waals surface area contributed by atoms with Gasteiger partial charge in [-0.1, -0.05) is 0 Å². The molecular weight excluding hydrogens is 318 g/mol. The van der Waals surface area contributed by atoms with Crippen LogP contribution in [0.3, 0.4) is 0 Å². The van der Waals surface area contributed by atoms with Gasteiger partial charge in [-0.3, -0.25) is 4.98 Å². The van der Waals surface area contributed by atoms with Gasteiger partial charge in [-0.15, -0.1) is 0 Å². The maximum atomic E-state index is 11.5. The molecule has 0 bridgehead atoms. The van der Waals surface area contributed by atoms with Gasteiger partial charge in [-0.25, -0.2) is 13.4 Å². The van der Waals surface area contributed by atoms with Crippen molar-refractivity contribution in [2.75, 3.05) is 32.6 Å². The lowest BCUT2D eigenvalue weighted by molar-refractivity contribution is -0.156. The van der Waals surface area contributed by atoms with Crippen LogP contribution >= 0.6 is 0 Å². The lowest BCUT2D eigenvalue weighted by Crippen LogP contribution is -2.66. The van der Waals surface area contributed by atoms with Gasteiger partial charge in [-0.2, -0.15) is 4.31 Å². The van der Waals surface area contributed by atoms with Crippen LogP contribution in [0.15, 0.2) is 12.4 Å². The average molecular weight is 341 g/mol. The highest BCUT2D eigenvalue weighted by molar-refractivity contribution is 7.88. The normalized spacial score (nSPS) is 24.3. The molecule has 0 radical (unpaired) electrons. The Morgan fingerprint density at radius 3 is 2.91 bits per heavy atom. The fraction of sp³-hybridized carbons (Fsp3) is 0.733. The fourth-order valence-corrected chi connectivity index (χ4v) is 4.21. The van der Waals surface area contributed by atoms with E-state index >= 15 is 0 Å². The van der Waals surface area contributed by atoms with Crippen molar-refractivity contribution in [3.8, 4) is 5.88 Å². The SMILES string of the molecule is Cc1cncc(OCC[C@@H]2CCOC3(C2)CN(S(C)(=O)=O)C3)n1. The summed E-state index contributed by atoms with van der Waals surface area (Å²) in [5.74, 6) is 1.04. The Balaban J connectivity index is 1.47. The zero-order valence-electron chi connectivity index (χ0n) is 13.6. The second kappa shape index (κ2) is 6.33. The van der Waals surface area contributed by atoms with E-state index in [-0.39, 0.29) is 5.60 Å². The van der Waals surface area contributed by atoms with E-state index in [0.29, 0.717) is 38.1 Å². The minimum absolute atomic E-state index is 0.283. The Bertz CT molecular complexity index is 658. The molecule has 2 aliphatic heterocycles. The van der Waals surface area contributed by atoms with Gasteiger partial charge in [0, 0.05) is 25.9 Å². The van der Waals surface area contributed by atoms with Crippen LogP contribution in [-0.4, -0.2) is 60.9 Å². The fourth-order valence-electron chi connectivity index (χ4n) is 3.27. The Morgan fingerprint density at radius 1 is 1.43 bits per heavy atom. The molecule has 3 heterocycles. The highest BCUT2D eigenvalue weighted by atomic mass is 32.2. The van der Waals surface area contributed by atoms with Crippen molar-refractivity contribution in [3.63, 3.8) is 0 Å². The predicted molar refractivity (Wildman–Crippen MR) is 84.7 cm³/mol. The third kappa shape index (κ3) is 3.99. The second-order valence-electron chi connectivity index (χ2n) is 6.56. The molecule has 2 saturated heterocycles. The maximum Gasteiger partial charge on any atom is 0.232 e. The third-order valence-electron chi connectivity index (χ3n) is 4.50. The number of hydrogen-bond acceptors (Lipinski definition) is 6. The van der Waals surface area contributed by atoms with E-state index in [9.17, 15) is 8.42 Å². The first-order valence-electron chi connectivity index (χ1n) is 7.87. The van der Waals surface area contributed by atoms with Crippen molar-refractivity contribution in [3.05, 3.63) is 18.1 Å². The van der Waals surface area contributed by atoms with Crippen LogP contribution in [0.4, 0.5) is 0 Å². The lowest BCUT2D eigenvalue weighted by atomic mass is 9.80. The summed E-state index contributed by atoms with van der Waals surface area (Å²) in [7, 11) is -3.10. The molecule has 1 atom stereocenters. The van der Waals surface area contributed by atoms with E-state index in [1.165, 1.54) is 10.6 Å². The molecule has 2 fully saturated rings. The summed E-state index contributed by atoms with van der Waals surface area (Å²) >= 11 is 0. The molecule has 128 valence electrons. The van der Waals surface area contributed by atoms with E-state index in [4.69, 9.17) is 9.47 Å². The summed E-state index contributed by atoms with van der Waals surface area (Å²) in [4.78, 5) is 8.32. The molecule has 23 heavy (non-hydrogen) atoms. The van der Waals surface area contributed by atoms with Crippen LogP contribution in [0.2, 0.25) is 0 Å². The Labute approximate surface area is 137 Å². The first-order valence-corrected chi connectivity index (χ1v) is 9.72. The molecule has 0 N–H and O–H groups in total. The maximum absolute atomic E-state index is 11.5. The van der Waals surface area contributed by atoms with Crippen molar-refractivity contribution in [1.82, 2.24) is 14.3 Å². The van der Waals surface area contributed by atoms with Crippen molar-refractivity contribution >= 4 is 10.0 Å². The number of ether oxygens (including phenoxy) is 2. The van der Waals surface area contributed by atoms with Crippen molar-refractivity contribution in [2.24, 2.45) is 5.92 Å². The summed E-state index contributed by atoms with van der Waals surface area (Å²) < 4.78 is 36.0. The largest absolute Gasteiger partial charge is 0.477 e. The van der Waals surface area contributed by atoms with Crippen molar-refractivity contribution in [1.29, 1.82) is 0 Å². The van der Waals surface area contributed by atoms with Crippen LogP contribution in [0.1, 0.15) is 25.0 Å². The van der Waals surface area contributed by atoms with Crippen molar-refractivity contribution < 1.29 is 17.9 Å². The number of sulfonamides is 1. The van der Waals surface area contributed by atoms with Crippen LogP contribution in [-0.2, 0) is 14.8 Å². The molecule has 0 unspecified atom stereocenters. The Morgan fingerprint density at radius 2 is 2.22 bits per heavy atom. The summed E-state index contributed by atoms with van der Waals surface area (Å²) in [6.07, 6.45) is 7.36. The highest BCUT2D eigenvalue weighted by Crippen LogP contribution is 2.39. The molecule has 3 rings (SSSR count). The number of nitrogens with zero attached hydrogens (tertiary/aromatic N) is 3. The minimum atomic E-state index is -3.10.